The van der Waals surface area contributed by atoms with Crippen LogP contribution in [0.25, 0.3) is 0 Å². The molecule has 1 heterocycles. The molecule has 2 aliphatic carbocycles. The summed E-state index contributed by atoms with van der Waals surface area (Å²) in [5.74, 6) is 2.55. The zero-order valence-corrected chi connectivity index (χ0v) is 15.1. The van der Waals surface area contributed by atoms with Gasteiger partial charge in [0, 0.05) is 19.6 Å². The highest BCUT2D eigenvalue weighted by Crippen LogP contribution is 2.45. The van der Waals surface area contributed by atoms with Gasteiger partial charge in [-0.1, -0.05) is 6.92 Å². The van der Waals surface area contributed by atoms with Crippen LogP contribution in [-0.4, -0.2) is 23.6 Å². The van der Waals surface area contributed by atoms with Gasteiger partial charge in [-0.25, -0.2) is 9.97 Å². The summed E-state index contributed by atoms with van der Waals surface area (Å²) < 4.78 is 7.09. The van der Waals surface area contributed by atoms with Crippen LogP contribution < -0.4 is 5.32 Å². The van der Waals surface area contributed by atoms with E-state index in [1.807, 2.05) is 7.11 Å². The first-order valence-electron chi connectivity index (χ1n) is 8.07. The van der Waals surface area contributed by atoms with Crippen molar-refractivity contribution in [2.24, 2.45) is 0 Å². The number of ether oxygens (including phenoxy) is 1. The molecule has 2 fully saturated rings. The molecule has 1 aromatic rings. The minimum atomic E-state index is -0.253. The van der Waals surface area contributed by atoms with Crippen LogP contribution in [0.15, 0.2) is 0 Å². The lowest BCUT2D eigenvalue weighted by Gasteiger charge is -2.27. The molecule has 1 aromatic heterocycles. The Balaban J connectivity index is 2.01. The number of methoxy groups -OCH3 is 1. The summed E-state index contributed by atoms with van der Waals surface area (Å²) in [5, 5.41) is 3.48. The molecular weight excluding hydrogens is 377 g/mol. The number of aromatic nitrogens is 2. The fourth-order valence-electron chi connectivity index (χ4n) is 3.12. The Morgan fingerprint density at radius 2 is 2.00 bits per heavy atom. The summed E-state index contributed by atoms with van der Waals surface area (Å²) in [7, 11) is 1.81. The number of hydrogen-bond donors (Lipinski definition) is 1. The first kappa shape index (κ1) is 15.5. The molecule has 2 aliphatic rings. The minimum absolute atomic E-state index is 0.253. The lowest BCUT2D eigenvalue weighted by molar-refractivity contribution is -0.0163. The second-order valence-electron chi connectivity index (χ2n) is 6.20. The topological polar surface area (TPSA) is 47.0 Å². The Kier molecular flexibility index (Phi) is 4.69. The van der Waals surface area contributed by atoms with E-state index in [2.05, 4.69) is 34.8 Å². The highest BCUT2D eigenvalue weighted by molar-refractivity contribution is 14.1. The van der Waals surface area contributed by atoms with Crippen LogP contribution in [0.5, 0.6) is 0 Å². The number of nitrogens with zero attached hydrogens (tertiary/aromatic N) is 2. The molecule has 0 radical (unpaired) electrons. The lowest BCUT2D eigenvalue weighted by Crippen LogP contribution is -2.28. The van der Waals surface area contributed by atoms with E-state index in [0.29, 0.717) is 5.92 Å². The maximum Gasteiger partial charge on any atom is 0.162 e. The second-order valence-corrected chi connectivity index (χ2v) is 7.28. The smallest absolute Gasteiger partial charge is 0.162 e. The van der Waals surface area contributed by atoms with E-state index in [1.165, 1.54) is 34.9 Å². The zero-order valence-electron chi connectivity index (χ0n) is 12.9. The van der Waals surface area contributed by atoms with Crippen molar-refractivity contribution in [3.8, 4) is 0 Å². The number of halogens is 1. The Labute approximate surface area is 140 Å². The molecule has 0 spiro atoms. The molecule has 1 N–H and O–H groups in total. The normalized spacial score (nSPS) is 20.7. The van der Waals surface area contributed by atoms with Crippen LogP contribution in [0.1, 0.15) is 69.3 Å². The van der Waals surface area contributed by atoms with Gasteiger partial charge in [-0.2, -0.15) is 0 Å². The number of anilines is 1. The van der Waals surface area contributed by atoms with E-state index in [4.69, 9.17) is 14.7 Å². The Hall–Kier alpha value is -0.430. The molecule has 2 saturated carbocycles. The number of hydrogen-bond acceptors (Lipinski definition) is 4. The van der Waals surface area contributed by atoms with Crippen molar-refractivity contribution in [2.75, 3.05) is 19.0 Å². The van der Waals surface area contributed by atoms with Crippen molar-refractivity contribution in [1.29, 1.82) is 0 Å². The molecule has 0 aromatic carbocycles. The van der Waals surface area contributed by atoms with Crippen LogP contribution >= 0.6 is 22.6 Å². The lowest BCUT2D eigenvalue weighted by atomic mass is 10.0. The second kappa shape index (κ2) is 6.36. The third kappa shape index (κ3) is 3.04. The van der Waals surface area contributed by atoms with E-state index in [1.54, 1.807) is 0 Å². The van der Waals surface area contributed by atoms with Crippen molar-refractivity contribution in [3.63, 3.8) is 0 Å². The van der Waals surface area contributed by atoms with E-state index in [-0.39, 0.29) is 5.60 Å². The third-order valence-corrected chi connectivity index (χ3v) is 5.66. The SMILES string of the molecule is CCCNc1nc(C2(OC)CCCC2)nc(C2CC2)c1I. The van der Waals surface area contributed by atoms with Crippen LogP contribution in [0.2, 0.25) is 0 Å². The maximum atomic E-state index is 5.88. The van der Waals surface area contributed by atoms with Gasteiger partial charge in [0.05, 0.1) is 9.26 Å². The van der Waals surface area contributed by atoms with E-state index in [9.17, 15) is 0 Å². The van der Waals surface area contributed by atoms with Crippen molar-refractivity contribution in [2.45, 2.75) is 63.4 Å². The molecule has 0 unspecified atom stereocenters. The van der Waals surface area contributed by atoms with Crippen LogP contribution in [0.4, 0.5) is 5.82 Å². The molecule has 4 nitrogen and oxygen atoms in total. The van der Waals surface area contributed by atoms with Gasteiger partial charge in [0.25, 0.3) is 0 Å². The molecule has 0 saturated heterocycles. The first-order valence-corrected chi connectivity index (χ1v) is 9.15. The molecule has 0 atom stereocenters. The molecule has 116 valence electrons. The molecule has 0 amide bonds. The third-order valence-electron chi connectivity index (χ3n) is 4.59. The predicted octanol–water partition coefficient (Wildman–Crippen LogP) is 4.20. The summed E-state index contributed by atoms with van der Waals surface area (Å²) in [6.45, 7) is 3.13. The summed E-state index contributed by atoms with van der Waals surface area (Å²) in [4.78, 5) is 9.80. The monoisotopic (exact) mass is 401 g/mol. The van der Waals surface area contributed by atoms with Crippen molar-refractivity contribution >= 4 is 28.4 Å². The van der Waals surface area contributed by atoms with Crippen LogP contribution in [0, 0.1) is 3.57 Å². The molecule has 5 heteroatoms. The van der Waals surface area contributed by atoms with Gasteiger partial charge in [0.15, 0.2) is 5.82 Å². The van der Waals surface area contributed by atoms with Crippen molar-refractivity contribution in [3.05, 3.63) is 15.1 Å². The molecule has 0 aliphatic heterocycles. The molecule has 3 rings (SSSR count). The standard InChI is InChI=1S/C16H24IN3O/c1-3-10-18-14-12(17)13(11-6-7-11)19-15(20-14)16(21-2)8-4-5-9-16/h11H,3-10H2,1-2H3,(H,18,19,20). The fourth-order valence-corrected chi connectivity index (χ4v) is 3.99. The van der Waals surface area contributed by atoms with Crippen LogP contribution in [0.3, 0.4) is 0 Å². The summed E-state index contributed by atoms with van der Waals surface area (Å²) in [6.07, 6.45) is 8.13. The van der Waals surface area contributed by atoms with E-state index >= 15 is 0 Å². The Morgan fingerprint density at radius 1 is 1.29 bits per heavy atom. The summed E-state index contributed by atoms with van der Waals surface area (Å²) in [5.41, 5.74) is 0.985. The van der Waals surface area contributed by atoms with Crippen molar-refractivity contribution in [1.82, 2.24) is 9.97 Å². The van der Waals surface area contributed by atoms with Crippen molar-refractivity contribution < 1.29 is 4.74 Å². The molecule has 0 bridgehead atoms. The Bertz CT molecular complexity index is 510. The van der Waals surface area contributed by atoms with Gasteiger partial charge in [-0.15, -0.1) is 0 Å². The van der Waals surface area contributed by atoms with E-state index < -0.39 is 0 Å². The first-order chi connectivity index (χ1) is 10.2. The van der Waals surface area contributed by atoms with Gasteiger partial charge >= 0.3 is 0 Å². The quantitative estimate of drug-likeness (QED) is 0.726. The summed E-state index contributed by atoms with van der Waals surface area (Å²) >= 11 is 2.40. The van der Waals surface area contributed by atoms with E-state index in [0.717, 1.165) is 37.4 Å². The van der Waals surface area contributed by atoms with Gasteiger partial charge in [0.1, 0.15) is 11.4 Å². The minimum Gasteiger partial charge on any atom is -0.370 e. The fraction of sp³-hybridized carbons (Fsp3) is 0.750. The molecule has 21 heavy (non-hydrogen) atoms. The Morgan fingerprint density at radius 3 is 2.57 bits per heavy atom. The van der Waals surface area contributed by atoms with Crippen LogP contribution in [-0.2, 0) is 10.3 Å². The van der Waals surface area contributed by atoms with Gasteiger partial charge < -0.3 is 10.1 Å². The van der Waals surface area contributed by atoms with Gasteiger partial charge in [0.2, 0.25) is 0 Å². The largest absolute Gasteiger partial charge is 0.370 e. The average Bonchev–Trinajstić information content (AvgIpc) is 3.23. The number of nitrogens with one attached hydrogen (secondary N) is 1. The zero-order chi connectivity index (χ0) is 14.9. The maximum absolute atomic E-state index is 5.88. The number of rotatable bonds is 6. The molecular formula is C16H24IN3O. The highest BCUT2D eigenvalue weighted by atomic mass is 127. The summed E-state index contributed by atoms with van der Waals surface area (Å²) in [6, 6.07) is 0. The average molecular weight is 401 g/mol. The predicted molar refractivity (Wildman–Crippen MR) is 92.7 cm³/mol. The van der Waals surface area contributed by atoms with Gasteiger partial charge in [-0.05, 0) is 67.5 Å². The highest BCUT2D eigenvalue weighted by Gasteiger charge is 2.40. The van der Waals surface area contributed by atoms with Gasteiger partial charge in [-0.3, -0.25) is 0 Å².